The van der Waals surface area contributed by atoms with Crippen molar-refractivity contribution in [3.05, 3.63) is 65.6 Å². The highest BCUT2D eigenvalue weighted by molar-refractivity contribution is 5.92. The molecule has 31 heavy (non-hydrogen) atoms. The van der Waals surface area contributed by atoms with E-state index in [2.05, 4.69) is 25.3 Å². The van der Waals surface area contributed by atoms with Crippen LogP contribution in [0.25, 0.3) is 22.4 Å². The van der Waals surface area contributed by atoms with Crippen LogP contribution in [0.4, 0.5) is 5.69 Å². The molecule has 4 rings (SSSR count). The van der Waals surface area contributed by atoms with Crippen molar-refractivity contribution in [2.24, 2.45) is 0 Å². The molecule has 0 fully saturated rings. The second-order valence-corrected chi connectivity index (χ2v) is 6.46. The molecule has 1 aromatic carbocycles. The lowest BCUT2D eigenvalue weighted by Crippen LogP contribution is -2.28. The van der Waals surface area contributed by atoms with Crippen LogP contribution in [0.5, 0.6) is 11.5 Å². The molecule has 0 saturated carbocycles. The van der Waals surface area contributed by atoms with Crippen molar-refractivity contribution in [1.82, 2.24) is 24.5 Å². The van der Waals surface area contributed by atoms with E-state index in [1.54, 1.807) is 36.7 Å². The molecule has 1 N–H and O–H groups in total. The van der Waals surface area contributed by atoms with Gasteiger partial charge in [-0.3, -0.25) is 19.1 Å². The highest BCUT2D eigenvalue weighted by atomic mass is 16.5. The minimum atomic E-state index is -0.417. The summed E-state index contributed by atoms with van der Waals surface area (Å²) < 4.78 is 11.6. The van der Waals surface area contributed by atoms with E-state index in [1.165, 1.54) is 31.3 Å². The highest BCUT2D eigenvalue weighted by Crippen LogP contribution is 2.29. The zero-order valence-corrected chi connectivity index (χ0v) is 16.8. The summed E-state index contributed by atoms with van der Waals surface area (Å²) in [7, 11) is 3.03. The summed E-state index contributed by atoms with van der Waals surface area (Å²) >= 11 is 0. The van der Waals surface area contributed by atoms with E-state index >= 15 is 0 Å². The molecule has 0 aliphatic rings. The van der Waals surface area contributed by atoms with E-state index in [9.17, 15) is 9.59 Å². The third-order valence-electron chi connectivity index (χ3n) is 4.50. The average molecular weight is 418 g/mol. The van der Waals surface area contributed by atoms with Gasteiger partial charge in [0.2, 0.25) is 5.91 Å². The van der Waals surface area contributed by atoms with Gasteiger partial charge in [0.05, 0.1) is 19.9 Å². The largest absolute Gasteiger partial charge is 0.497 e. The van der Waals surface area contributed by atoms with Crippen molar-refractivity contribution in [3.63, 3.8) is 0 Å². The molecule has 0 bridgehead atoms. The van der Waals surface area contributed by atoms with Gasteiger partial charge in [-0.15, -0.1) is 0 Å². The number of carbonyl (C=O) groups excluding carboxylic acids is 1. The maximum atomic E-state index is 12.8. The molecular weight excluding hydrogens is 400 g/mol. The number of aromatic nitrogens is 5. The summed E-state index contributed by atoms with van der Waals surface area (Å²) in [5, 5.41) is 2.93. The predicted molar refractivity (Wildman–Crippen MR) is 113 cm³/mol. The normalized spacial score (nSPS) is 10.6. The molecule has 0 atom stereocenters. The van der Waals surface area contributed by atoms with Crippen LogP contribution in [0.1, 0.15) is 0 Å². The predicted octanol–water partition coefficient (Wildman–Crippen LogP) is 1.90. The molecule has 0 spiro atoms. The van der Waals surface area contributed by atoms with Gasteiger partial charge in [-0.05, 0) is 24.3 Å². The van der Waals surface area contributed by atoms with Crippen molar-refractivity contribution < 1.29 is 14.3 Å². The second-order valence-electron chi connectivity index (χ2n) is 6.46. The molecule has 4 aromatic rings. The number of fused-ring (bicyclic) bond motifs is 1. The van der Waals surface area contributed by atoms with Crippen LogP contribution < -0.4 is 20.3 Å². The summed E-state index contributed by atoms with van der Waals surface area (Å²) in [5.74, 6) is 1.03. The summed E-state index contributed by atoms with van der Waals surface area (Å²) in [5.41, 5.74) is 0.995. The molecular formula is C21H18N6O4. The Morgan fingerprint density at radius 1 is 1.13 bits per heavy atom. The number of amides is 1. The number of rotatable bonds is 6. The number of anilines is 1. The lowest BCUT2D eigenvalue weighted by Gasteiger charge is -2.12. The Bertz CT molecular complexity index is 1310. The van der Waals surface area contributed by atoms with Crippen molar-refractivity contribution in [2.45, 2.75) is 6.54 Å². The van der Waals surface area contributed by atoms with E-state index in [1.807, 2.05) is 6.07 Å². The fourth-order valence-corrected chi connectivity index (χ4v) is 2.95. The van der Waals surface area contributed by atoms with E-state index in [4.69, 9.17) is 9.47 Å². The summed E-state index contributed by atoms with van der Waals surface area (Å²) in [4.78, 5) is 42.1. The van der Waals surface area contributed by atoms with E-state index in [0.717, 1.165) is 0 Å². The summed E-state index contributed by atoms with van der Waals surface area (Å²) in [6, 6.07) is 8.58. The Morgan fingerprint density at radius 3 is 2.74 bits per heavy atom. The second kappa shape index (κ2) is 8.57. The van der Waals surface area contributed by atoms with Crippen LogP contribution in [0.2, 0.25) is 0 Å². The van der Waals surface area contributed by atoms with Gasteiger partial charge in [0.1, 0.15) is 29.8 Å². The fourth-order valence-electron chi connectivity index (χ4n) is 2.95. The first kappa shape index (κ1) is 20.0. The fraction of sp³-hybridized carbons (Fsp3) is 0.143. The number of methoxy groups -OCH3 is 2. The third kappa shape index (κ3) is 4.17. The highest BCUT2D eigenvalue weighted by Gasteiger charge is 2.13. The summed E-state index contributed by atoms with van der Waals surface area (Å²) in [6.07, 6.45) is 5.96. The number of benzene rings is 1. The van der Waals surface area contributed by atoms with Crippen LogP contribution in [-0.2, 0) is 11.3 Å². The maximum Gasteiger partial charge on any atom is 0.264 e. The molecule has 0 saturated heterocycles. The molecule has 0 aliphatic heterocycles. The SMILES string of the molecule is COc1ccc(NC(=O)Cn2cnc3nc(-c4cccnc4)ncc3c2=O)c(OC)c1. The molecule has 156 valence electrons. The number of nitrogens with one attached hydrogen (secondary N) is 1. The van der Waals surface area contributed by atoms with Crippen molar-refractivity contribution in [1.29, 1.82) is 0 Å². The Kier molecular flexibility index (Phi) is 5.52. The zero-order valence-electron chi connectivity index (χ0n) is 16.8. The van der Waals surface area contributed by atoms with Gasteiger partial charge in [-0.2, -0.15) is 0 Å². The molecule has 10 heteroatoms. The van der Waals surface area contributed by atoms with Crippen molar-refractivity contribution in [2.75, 3.05) is 19.5 Å². The van der Waals surface area contributed by atoms with Gasteiger partial charge in [0.15, 0.2) is 11.5 Å². The van der Waals surface area contributed by atoms with Crippen LogP contribution in [0, 0.1) is 0 Å². The number of nitrogens with zero attached hydrogens (tertiary/aromatic N) is 5. The van der Waals surface area contributed by atoms with Crippen LogP contribution in [-0.4, -0.2) is 44.6 Å². The van der Waals surface area contributed by atoms with Crippen molar-refractivity contribution in [3.8, 4) is 22.9 Å². The first-order valence-corrected chi connectivity index (χ1v) is 9.23. The lowest BCUT2D eigenvalue weighted by atomic mass is 10.2. The molecule has 0 radical (unpaired) electrons. The van der Waals surface area contributed by atoms with Gasteiger partial charge in [0.25, 0.3) is 5.56 Å². The number of hydrogen-bond acceptors (Lipinski definition) is 8. The minimum Gasteiger partial charge on any atom is -0.497 e. The molecule has 3 aromatic heterocycles. The Labute approximate surface area is 176 Å². The molecule has 0 unspecified atom stereocenters. The van der Waals surface area contributed by atoms with Crippen LogP contribution in [0.3, 0.4) is 0 Å². The quantitative estimate of drug-likeness (QED) is 0.504. The Hall–Kier alpha value is -4.34. The van der Waals surface area contributed by atoms with E-state index in [-0.39, 0.29) is 17.6 Å². The van der Waals surface area contributed by atoms with Gasteiger partial charge < -0.3 is 14.8 Å². The molecule has 0 aliphatic carbocycles. The Morgan fingerprint density at radius 2 is 2.00 bits per heavy atom. The monoisotopic (exact) mass is 418 g/mol. The molecule has 10 nitrogen and oxygen atoms in total. The van der Waals surface area contributed by atoms with Gasteiger partial charge in [0, 0.05) is 30.2 Å². The van der Waals surface area contributed by atoms with Gasteiger partial charge in [-0.1, -0.05) is 0 Å². The van der Waals surface area contributed by atoms with E-state index in [0.29, 0.717) is 28.6 Å². The first-order valence-electron chi connectivity index (χ1n) is 9.23. The molecule has 1 amide bonds. The standard InChI is InChI=1S/C21H18N6O4/c1-30-14-5-6-16(17(8-14)31-2)25-18(28)11-27-12-24-20-15(21(27)29)10-23-19(26-20)13-4-3-7-22-9-13/h3-10,12H,11H2,1-2H3,(H,25,28). The third-order valence-corrected chi connectivity index (χ3v) is 4.50. The van der Waals surface area contributed by atoms with Crippen molar-refractivity contribution >= 4 is 22.6 Å². The number of ether oxygens (including phenoxy) is 2. The van der Waals surface area contributed by atoms with Crippen LogP contribution in [0.15, 0.2) is 60.0 Å². The van der Waals surface area contributed by atoms with E-state index < -0.39 is 11.5 Å². The maximum absolute atomic E-state index is 12.8. The number of hydrogen-bond donors (Lipinski definition) is 1. The zero-order chi connectivity index (χ0) is 21.8. The topological polar surface area (TPSA) is 121 Å². The van der Waals surface area contributed by atoms with Gasteiger partial charge >= 0.3 is 0 Å². The van der Waals surface area contributed by atoms with Crippen LogP contribution >= 0.6 is 0 Å². The number of carbonyl (C=O) groups is 1. The minimum absolute atomic E-state index is 0.213. The average Bonchev–Trinajstić information content (AvgIpc) is 2.81. The first-order chi connectivity index (χ1) is 15.1. The lowest BCUT2D eigenvalue weighted by molar-refractivity contribution is -0.116. The smallest absolute Gasteiger partial charge is 0.264 e. The summed E-state index contributed by atoms with van der Waals surface area (Å²) in [6.45, 7) is -0.235. The molecule has 3 heterocycles. The van der Waals surface area contributed by atoms with Gasteiger partial charge in [-0.25, -0.2) is 15.0 Å². The Balaban J connectivity index is 1.57. The number of pyridine rings is 1.